The minimum absolute atomic E-state index is 0.703. The molecule has 3 saturated carbocycles. The molecule has 273 valence electrons. The quantitative estimate of drug-likeness (QED) is 0.173. The van der Waals surface area contributed by atoms with Crippen LogP contribution in [-0.4, -0.2) is 48.4 Å². The zero-order valence-corrected chi connectivity index (χ0v) is 42.5. The van der Waals surface area contributed by atoms with E-state index in [9.17, 15) is 0 Å². The van der Waals surface area contributed by atoms with Crippen molar-refractivity contribution in [2.24, 2.45) is 0 Å². The summed E-state index contributed by atoms with van der Waals surface area (Å²) in [5.41, 5.74) is 3.20. The van der Waals surface area contributed by atoms with Gasteiger partial charge in [0.05, 0.1) is 0 Å². The van der Waals surface area contributed by atoms with Gasteiger partial charge in [0, 0.05) is 0 Å². The first-order chi connectivity index (χ1) is 20.6. The van der Waals surface area contributed by atoms with Crippen molar-refractivity contribution >= 4 is 48.4 Å². The minimum atomic E-state index is -1.42. The SMILES string of the molecule is C[Si](C)(C)C1CCCCC1([CH2][Cr]([CH2]C1([Si](C)(C)C)CCCCC1[Si](C)(C)C)[CH2]C1([Si](C)(C)C)CCCCC1[Si](C)(C)C)[Si](C)(C)C. The summed E-state index contributed by atoms with van der Waals surface area (Å²) in [6, 6.07) is 0. The normalized spacial score (nSPS) is 34.6. The summed E-state index contributed by atoms with van der Waals surface area (Å²) in [7, 11) is -8.10. The van der Waals surface area contributed by atoms with Gasteiger partial charge in [-0.3, -0.25) is 0 Å². The van der Waals surface area contributed by atoms with Crippen LogP contribution in [0.5, 0.6) is 0 Å². The topological polar surface area (TPSA) is 0 Å². The second-order valence-electron chi connectivity index (χ2n) is 23.8. The monoisotopic (exact) mass is 775 g/mol. The molecule has 3 aliphatic carbocycles. The van der Waals surface area contributed by atoms with E-state index >= 15 is 0 Å². The van der Waals surface area contributed by atoms with Gasteiger partial charge in [-0.2, -0.15) is 0 Å². The van der Waals surface area contributed by atoms with Crippen LogP contribution in [0.3, 0.4) is 0 Å². The molecule has 0 amide bonds. The Morgan fingerprint density at radius 3 is 0.761 bits per heavy atom. The summed E-state index contributed by atoms with van der Waals surface area (Å²) in [5.74, 6) is 0. The standard InChI is InChI=1S/3C13H29Si2.Cr/c3*1-13(15(5,6)7)11-9-8-10-12(13)14(2,3)4;/h3*12H,1,8-11H2,2-7H3;. The molecule has 0 spiro atoms. The fourth-order valence-corrected chi connectivity index (χ4v) is 51.8. The molecule has 0 aliphatic heterocycles. The summed E-state index contributed by atoms with van der Waals surface area (Å²) in [4.78, 5) is 0. The Morgan fingerprint density at radius 2 is 0.587 bits per heavy atom. The first-order valence-electron chi connectivity index (χ1n) is 20.2. The average Bonchev–Trinajstić information content (AvgIpc) is 2.85. The Kier molecular flexibility index (Phi) is 13.2. The molecular weight excluding hydrogens is 689 g/mol. The molecule has 0 bridgehead atoms. The number of rotatable bonds is 12. The molecule has 0 aromatic heterocycles. The van der Waals surface area contributed by atoms with Gasteiger partial charge in [-0.1, -0.05) is 0 Å². The van der Waals surface area contributed by atoms with E-state index in [0.717, 1.165) is 16.6 Å². The Labute approximate surface area is 303 Å². The Balaban J connectivity index is 2.33. The molecule has 0 aromatic carbocycles. The van der Waals surface area contributed by atoms with E-state index in [4.69, 9.17) is 0 Å². The second kappa shape index (κ2) is 14.3. The van der Waals surface area contributed by atoms with E-state index in [1.807, 2.05) is 0 Å². The van der Waals surface area contributed by atoms with Gasteiger partial charge in [0.25, 0.3) is 0 Å². The fraction of sp³-hybridized carbons (Fsp3) is 1.00. The van der Waals surface area contributed by atoms with Crippen molar-refractivity contribution in [1.29, 1.82) is 0 Å². The van der Waals surface area contributed by atoms with Crippen LogP contribution < -0.4 is 0 Å². The molecule has 7 heteroatoms. The predicted octanol–water partition coefficient (Wildman–Crippen LogP) is 15.9. The first kappa shape index (κ1) is 42.2. The molecule has 6 unspecified atom stereocenters. The van der Waals surface area contributed by atoms with Crippen LogP contribution >= 0.6 is 0 Å². The summed E-state index contributed by atoms with van der Waals surface area (Å²) < 4.78 is 0. The van der Waals surface area contributed by atoms with Crippen molar-refractivity contribution in [2.75, 3.05) is 0 Å². The van der Waals surface area contributed by atoms with Crippen molar-refractivity contribution < 1.29 is 14.1 Å². The van der Waals surface area contributed by atoms with Gasteiger partial charge < -0.3 is 0 Å². The first-order valence-corrected chi connectivity index (χ1v) is 44.1. The molecule has 6 atom stereocenters. The van der Waals surface area contributed by atoms with Crippen molar-refractivity contribution in [3.8, 4) is 0 Å². The summed E-state index contributed by atoms with van der Waals surface area (Å²) in [5, 5.41) is 7.34. The van der Waals surface area contributed by atoms with Crippen LogP contribution in [-0.2, 0) is 14.1 Å². The van der Waals surface area contributed by atoms with Crippen molar-refractivity contribution in [3.05, 3.63) is 0 Å². The number of hydrogen-bond acceptors (Lipinski definition) is 0. The average molecular weight is 777 g/mol. The van der Waals surface area contributed by atoms with Crippen LogP contribution in [0, 0.1) is 0 Å². The van der Waals surface area contributed by atoms with Crippen molar-refractivity contribution in [1.82, 2.24) is 0 Å². The van der Waals surface area contributed by atoms with E-state index < -0.39 is 62.6 Å². The Morgan fingerprint density at radius 1 is 0.370 bits per heavy atom. The predicted molar refractivity (Wildman–Crippen MR) is 229 cm³/mol. The van der Waals surface area contributed by atoms with E-state index in [1.165, 1.54) is 38.5 Å². The molecule has 0 heterocycles. The summed E-state index contributed by atoms with van der Waals surface area (Å²) in [6.07, 6.45) is 18.7. The third kappa shape index (κ3) is 8.55. The fourth-order valence-electron chi connectivity index (χ4n) is 12.6. The van der Waals surface area contributed by atoms with Crippen molar-refractivity contribution in [2.45, 2.75) is 242 Å². The molecule has 3 aliphatic rings. The van der Waals surface area contributed by atoms with Gasteiger partial charge in [0.15, 0.2) is 0 Å². The van der Waals surface area contributed by atoms with Gasteiger partial charge in [-0.05, 0) is 0 Å². The van der Waals surface area contributed by atoms with E-state index in [0.29, 0.717) is 15.1 Å². The van der Waals surface area contributed by atoms with Crippen LogP contribution in [0.25, 0.3) is 0 Å². The second-order valence-corrected chi connectivity index (χ2v) is 59.8. The third-order valence-electron chi connectivity index (χ3n) is 15.1. The van der Waals surface area contributed by atoms with Crippen LogP contribution in [0.2, 0.25) is 165 Å². The van der Waals surface area contributed by atoms with Crippen LogP contribution in [0.1, 0.15) is 77.0 Å². The third-order valence-corrected chi connectivity index (χ3v) is 41.6. The van der Waals surface area contributed by atoms with Crippen LogP contribution in [0.4, 0.5) is 0 Å². The maximum atomic E-state index is 2.87. The van der Waals surface area contributed by atoms with Gasteiger partial charge in [-0.15, -0.1) is 0 Å². The molecule has 46 heavy (non-hydrogen) atoms. The molecule has 3 fully saturated rings. The molecule has 0 saturated heterocycles. The maximum absolute atomic E-state index is 2.87. The Hall–Kier alpha value is 1.83. The molecule has 0 radical (unpaired) electrons. The summed E-state index contributed by atoms with van der Waals surface area (Å²) >= 11 is -0.909. The number of hydrogen-bond donors (Lipinski definition) is 0. The zero-order valence-electron chi connectivity index (χ0n) is 35.2. The van der Waals surface area contributed by atoms with Gasteiger partial charge in [0.2, 0.25) is 0 Å². The van der Waals surface area contributed by atoms with Gasteiger partial charge in [-0.25, -0.2) is 0 Å². The van der Waals surface area contributed by atoms with E-state index in [1.54, 1.807) is 54.4 Å². The molecule has 0 N–H and O–H groups in total. The van der Waals surface area contributed by atoms with Gasteiger partial charge >= 0.3 is 305 Å². The molecular formula is C39H87CrSi6. The Bertz CT molecular complexity index is 874. The van der Waals surface area contributed by atoms with Crippen LogP contribution in [0.15, 0.2) is 0 Å². The van der Waals surface area contributed by atoms with Crippen molar-refractivity contribution in [3.63, 3.8) is 0 Å². The van der Waals surface area contributed by atoms with E-state index in [-0.39, 0.29) is 0 Å². The molecule has 0 nitrogen and oxygen atoms in total. The van der Waals surface area contributed by atoms with E-state index in [2.05, 4.69) is 118 Å². The van der Waals surface area contributed by atoms with Gasteiger partial charge in [0.1, 0.15) is 0 Å². The molecule has 3 rings (SSSR count). The summed E-state index contributed by atoms with van der Waals surface area (Å²) in [6.45, 7) is 51.0. The zero-order chi connectivity index (χ0) is 35.4. The molecule has 0 aromatic rings.